The Labute approximate surface area is 98.4 Å². The average molecular weight is 235 g/mol. The lowest BCUT2D eigenvalue weighted by atomic mass is 10.3. The molecule has 1 N–H and O–H groups in total. The molecule has 1 unspecified atom stereocenters. The molecule has 82 valence electrons. The second kappa shape index (κ2) is 4.90. The molecule has 0 amide bonds. The molecule has 0 aliphatic heterocycles. The SMILES string of the molecule is CC(N=Nc1ccc(Cl)cc1)c1ccn[nH]1. The second-order valence-corrected chi connectivity index (χ2v) is 3.82. The van der Waals surface area contributed by atoms with Crippen LogP contribution >= 0.6 is 11.6 Å². The molecule has 1 atom stereocenters. The summed E-state index contributed by atoms with van der Waals surface area (Å²) in [7, 11) is 0. The molecule has 0 saturated heterocycles. The van der Waals surface area contributed by atoms with E-state index in [1.807, 2.05) is 25.1 Å². The van der Waals surface area contributed by atoms with Gasteiger partial charge in [-0.1, -0.05) is 11.6 Å². The molecule has 0 saturated carbocycles. The summed E-state index contributed by atoms with van der Waals surface area (Å²) in [5.41, 5.74) is 1.73. The molecule has 2 aromatic rings. The number of halogens is 1. The maximum absolute atomic E-state index is 5.77. The maximum Gasteiger partial charge on any atom is 0.110 e. The zero-order valence-electron chi connectivity index (χ0n) is 8.76. The number of aromatic amines is 1. The van der Waals surface area contributed by atoms with Gasteiger partial charge in [-0.3, -0.25) is 5.10 Å². The van der Waals surface area contributed by atoms with E-state index < -0.39 is 0 Å². The van der Waals surface area contributed by atoms with Gasteiger partial charge in [-0.2, -0.15) is 15.3 Å². The number of rotatable bonds is 3. The van der Waals surface area contributed by atoms with Gasteiger partial charge < -0.3 is 0 Å². The molecule has 0 radical (unpaired) electrons. The predicted octanol–water partition coefficient (Wildman–Crippen LogP) is 3.91. The van der Waals surface area contributed by atoms with E-state index in [1.165, 1.54) is 0 Å². The van der Waals surface area contributed by atoms with Crippen molar-refractivity contribution in [3.63, 3.8) is 0 Å². The molecule has 5 heteroatoms. The summed E-state index contributed by atoms with van der Waals surface area (Å²) in [6.07, 6.45) is 1.70. The number of hydrogen-bond donors (Lipinski definition) is 1. The standard InChI is InChI=1S/C11H11ClN4/c1-8(11-6-7-13-16-11)14-15-10-4-2-9(12)3-5-10/h2-8H,1H3,(H,13,16). The quantitative estimate of drug-likeness (QED) is 0.805. The first kappa shape index (κ1) is 10.8. The predicted molar refractivity (Wildman–Crippen MR) is 63.0 cm³/mol. The first-order valence-corrected chi connectivity index (χ1v) is 5.29. The van der Waals surface area contributed by atoms with Crippen molar-refractivity contribution < 1.29 is 0 Å². The molecule has 0 aliphatic carbocycles. The minimum absolute atomic E-state index is 0.0295. The Morgan fingerprint density at radius 2 is 2.00 bits per heavy atom. The largest absolute Gasteiger partial charge is 0.280 e. The van der Waals surface area contributed by atoms with Gasteiger partial charge in [0, 0.05) is 11.2 Å². The lowest BCUT2D eigenvalue weighted by Crippen LogP contribution is -1.88. The highest BCUT2D eigenvalue weighted by atomic mass is 35.5. The Morgan fingerprint density at radius 3 is 2.62 bits per heavy atom. The third-order valence-corrected chi connectivity index (χ3v) is 2.40. The highest BCUT2D eigenvalue weighted by molar-refractivity contribution is 6.30. The van der Waals surface area contributed by atoms with Crippen molar-refractivity contribution in [2.24, 2.45) is 10.2 Å². The summed E-state index contributed by atoms with van der Waals surface area (Å²) in [5, 5.41) is 15.7. The lowest BCUT2D eigenvalue weighted by molar-refractivity contribution is 0.729. The van der Waals surface area contributed by atoms with Crippen molar-refractivity contribution in [1.29, 1.82) is 0 Å². The van der Waals surface area contributed by atoms with E-state index in [4.69, 9.17) is 11.6 Å². The smallest absolute Gasteiger partial charge is 0.110 e. The van der Waals surface area contributed by atoms with Crippen LogP contribution in [0.1, 0.15) is 18.7 Å². The summed E-state index contributed by atoms with van der Waals surface area (Å²) < 4.78 is 0. The Bertz CT molecular complexity index is 461. The zero-order valence-corrected chi connectivity index (χ0v) is 9.52. The first-order valence-electron chi connectivity index (χ1n) is 4.91. The lowest BCUT2D eigenvalue weighted by Gasteiger charge is -2.00. The van der Waals surface area contributed by atoms with Gasteiger partial charge in [-0.05, 0) is 37.3 Å². The van der Waals surface area contributed by atoms with Gasteiger partial charge in [0.15, 0.2) is 0 Å². The average Bonchev–Trinajstić information content (AvgIpc) is 2.81. The highest BCUT2D eigenvalue weighted by Gasteiger charge is 2.03. The van der Waals surface area contributed by atoms with Gasteiger partial charge in [0.2, 0.25) is 0 Å². The summed E-state index contributed by atoms with van der Waals surface area (Å²) in [6.45, 7) is 1.95. The molecule has 1 heterocycles. The van der Waals surface area contributed by atoms with Crippen LogP contribution in [0.25, 0.3) is 0 Å². The van der Waals surface area contributed by atoms with Gasteiger partial charge in [0.1, 0.15) is 6.04 Å². The number of hydrogen-bond acceptors (Lipinski definition) is 3. The molecule has 0 bridgehead atoms. The summed E-state index contributed by atoms with van der Waals surface area (Å²) >= 11 is 5.77. The Morgan fingerprint density at radius 1 is 1.25 bits per heavy atom. The van der Waals surface area contributed by atoms with Crippen molar-refractivity contribution in [2.45, 2.75) is 13.0 Å². The van der Waals surface area contributed by atoms with Gasteiger partial charge in [0.05, 0.1) is 11.4 Å². The van der Waals surface area contributed by atoms with E-state index in [-0.39, 0.29) is 6.04 Å². The molecule has 0 fully saturated rings. The Hall–Kier alpha value is -1.68. The summed E-state index contributed by atoms with van der Waals surface area (Å²) in [4.78, 5) is 0. The van der Waals surface area contributed by atoms with Crippen LogP contribution in [-0.2, 0) is 0 Å². The monoisotopic (exact) mass is 234 g/mol. The fraction of sp³-hybridized carbons (Fsp3) is 0.182. The minimum atomic E-state index is -0.0295. The van der Waals surface area contributed by atoms with Gasteiger partial charge in [-0.15, -0.1) is 0 Å². The van der Waals surface area contributed by atoms with E-state index in [2.05, 4.69) is 20.4 Å². The number of aromatic nitrogens is 2. The normalized spacial score (nSPS) is 13.1. The van der Waals surface area contributed by atoms with Crippen LogP contribution in [0.3, 0.4) is 0 Å². The molecule has 2 rings (SSSR count). The van der Waals surface area contributed by atoms with Crippen LogP contribution in [0.15, 0.2) is 46.8 Å². The number of azo groups is 1. The fourth-order valence-corrected chi connectivity index (χ4v) is 1.35. The van der Waals surface area contributed by atoms with Crippen LogP contribution in [0.2, 0.25) is 5.02 Å². The van der Waals surface area contributed by atoms with E-state index >= 15 is 0 Å². The van der Waals surface area contributed by atoms with Crippen LogP contribution in [0, 0.1) is 0 Å². The zero-order chi connectivity index (χ0) is 11.4. The topological polar surface area (TPSA) is 53.4 Å². The first-order chi connectivity index (χ1) is 7.75. The van der Waals surface area contributed by atoms with Crippen molar-refractivity contribution in [3.8, 4) is 0 Å². The van der Waals surface area contributed by atoms with Crippen molar-refractivity contribution >= 4 is 17.3 Å². The van der Waals surface area contributed by atoms with Crippen LogP contribution < -0.4 is 0 Å². The van der Waals surface area contributed by atoms with Gasteiger partial charge >= 0.3 is 0 Å². The number of nitrogens with zero attached hydrogens (tertiary/aromatic N) is 3. The molecular weight excluding hydrogens is 224 g/mol. The molecule has 1 aromatic heterocycles. The van der Waals surface area contributed by atoms with Crippen LogP contribution in [0.4, 0.5) is 5.69 Å². The number of H-pyrrole nitrogens is 1. The molecular formula is C11H11ClN4. The molecule has 0 spiro atoms. The molecule has 1 aromatic carbocycles. The van der Waals surface area contributed by atoms with E-state index in [1.54, 1.807) is 18.3 Å². The fourth-order valence-electron chi connectivity index (χ4n) is 1.22. The highest BCUT2D eigenvalue weighted by Crippen LogP contribution is 2.20. The third kappa shape index (κ3) is 2.67. The minimum Gasteiger partial charge on any atom is -0.280 e. The van der Waals surface area contributed by atoms with Gasteiger partial charge in [-0.25, -0.2) is 0 Å². The third-order valence-electron chi connectivity index (χ3n) is 2.15. The number of nitrogens with one attached hydrogen (secondary N) is 1. The van der Waals surface area contributed by atoms with E-state index in [0.29, 0.717) is 5.02 Å². The molecule has 4 nitrogen and oxygen atoms in total. The number of benzene rings is 1. The van der Waals surface area contributed by atoms with Crippen molar-refractivity contribution in [1.82, 2.24) is 10.2 Å². The second-order valence-electron chi connectivity index (χ2n) is 3.38. The van der Waals surface area contributed by atoms with E-state index in [9.17, 15) is 0 Å². The summed E-state index contributed by atoms with van der Waals surface area (Å²) in [6, 6.07) is 9.08. The maximum atomic E-state index is 5.77. The summed E-state index contributed by atoms with van der Waals surface area (Å²) in [5.74, 6) is 0. The van der Waals surface area contributed by atoms with E-state index in [0.717, 1.165) is 11.4 Å². The molecule has 0 aliphatic rings. The van der Waals surface area contributed by atoms with Crippen LogP contribution in [0.5, 0.6) is 0 Å². The Kier molecular flexibility index (Phi) is 3.31. The van der Waals surface area contributed by atoms with Crippen molar-refractivity contribution in [3.05, 3.63) is 47.2 Å². The van der Waals surface area contributed by atoms with Crippen molar-refractivity contribution in [2.75, 3.05) is 0 Å². The van der Waals surface area contributed by atoms with Gasteiger partial charge in [0.25, 0.3) is 0 Å². The molecule has 16 heavy (non-hydrogen) atoms. The Balaban J connectivity index is 2.07. The van der Waals surface area contributed by atoms with Crippen LogP contribution in [-0.4, -0.2) is 10.2 Å².